The Hall–Kier alpha value is -3.65. The number of anilines is 1. The van der Waals surface area contributed by atoms with Crippen molar-refractivity contribution < 1.29 is 9.18 Å². The van der Waals surface area contributed by atoms with Crippen LogP contribution in [0.1, 0.15) is 11.6 Å². The monoisotopic (exact) mass is 431 g/mol. The summed E-state index contributed by atoms with van der Waals surface area (Å²) in [5, 5.41) is 11.3. The predicted molar refractivity (Wildman–Crippen MR) is 119 cm³/mol. The SMILES string of the molecule is O=C(Nc1ccccc1F)[C@H]1Sc2nnc(-c3ccccc3)n2N[C@@H]1c1ccccc1. The fraction of sp³-hybridized carbons (Fsp3) is 0.0870. The zero-order valence-corrected chi connectivity index (χ0v) is 17.1. The lowest BCUT2D eigenvalue weighted by molar-refractivity contribution is -0.116. The van der Waals surface area contributed by atoms with Crippen molar-refractivity contribution in [1.29, 1.82) is 0 Å². The molecule has 8 heteroatoms. The average Bonchev–Trinajstić information content (AvgIpc) is 3.24. The van der Waals surface area contributed by atoms with Crippen LogP contribution in [0.4, 0.5) is 10.1 Å². The van der Waals surface area contributed by atoms with E-state index in [2.05, 4.69) is 20.9 Å². The van der Waals surface area contributed by atoms with Crippen LogP contribution in [0.5, 0.6) is 0 Å². The summed E-state index contributed by atoms with van der Waals surface area (Å²) >= 11 is 1.30. The maximum absolute atomic E-state index is 14.1. The lowest BCUT2D eigenvalue weighted by Crippen LogP contribution is -2.41. The number of hydrogen-bond donors (Lipinski definition) is 2. The summed E-state index contributed by atoms with van der Waals surface area (Å²) in [6.45, 7) is 0. The van der Waals surface area contributed by atoms with Gasteiger partial charge in [0.15, 0.2) is 5.82 Å². The zero-order chi connectivity index (χ0) is 21.2. The van der Waals surface area contributed by atoms with Crippen molar-refractivity contribution in [2.75, 3.05) is 10.7 Å². The number of hydrogen-bond acceptors (Lipinski definition) is 5. The molecule has 0 saturated heterocycles. The molecular formula is C23H18FN5OS. The third kappa shape index (κ3) is 3.77. The molecule has 0 radical (unpaired) electrons. The lowest BCUT2D eigenvalue weighted by atomic mass is 10.0. The highest BCUT2D eigenvalue weighted by Crippen LogP contribution is 2.39. The Morgan fingerprint density at radius 3 is 2.35 bits per heavy atom. The number of nitrogens with one attached hydrogen (secondary N) is 2. The van der Waals surface area contributed by atoms with Crippen LogP contribution in [0, 0.1) is 5.82 Å². The van der Waals surface area contributed by atoms with Crippen LogP contribution in [0.25, 0.3) is 11.4 Å². The first kappa shape index (κ1) is 19.3. The molecule has 31 heavy (non-hydrogen) atoms. The van der Waals surface area contributed by atoms with Gasteiger partial charge < -0.3 is 10.7 Å². The van der Waals surface area contributed by atoms with Crippen molar-refractivity contribution in [3.8, 4) is 11.4 Å². The number of benzene rings is 3. The van der Waals surface area contributed by atoms with Crippen LogP contribution in [0.2, 0.25) is 0 Å². The van der Waals surface area contributed by atoms with Gasteiger partial charge in [0.25, 0.3) is 0 Å². The fourth-order valence-electron chi connectivity index (χ4n) is 3.51. The minimum atomic E-state index is -0.581. The van der Waals surface area contributed by atoms with Crippen LogP contribution in [-0.4, -0.2) is 26.0 Å². The number of aromatic nitrogens is 3. The van der Waals surface area contributed by atoms with Crippen molar-refractivity contribution in [3.05, 3.63) is 96.3 Å². The van der Waals surface area contributed by atoms with E-state index in [-0.39, 0.29) is 17.6 Å². The average molecular weight is 431 g/mol. The van der Waals surface area contributed by atoms with Crippen LogP contribution in [-0.2, 0) is 4.79 Å². The Morgan fingerprint density at radius 1 is 0.935 bits per heavy atom. The highest BCUT2D eigenvalue weighted by Gasteiger charge is 2.38. The van der Waals surface area contributed by atoms with E-state index >= 15 is 0 Å². The number of para-hydroxylation sites is 1. The highest BCUT2D eigenvalue weighted by atomic mass is 32.2. The van der Waals surface area contributed by atoms with E-state index in [1.807, 2.05) is 65.3 Å². The van der Waals surface area contributed by atoms with Crippen LogP contribution in [0.3, 0.4) is 0 Å². The van der Waals surface area contributed by atoms with Gasteiger partial charge in [0.2, 0.25) is 11.1 Å². The Kier molecular flexibility index (Phi) is 5.13. The number of rotatable bonds is 4. The second-order valence-corrected chi connectivity index (χ2v) is 8.14. The van der Waals surface area contributed by atoms with Crippen molar-refractivity contribution in [1.82, 2.24) is 14.9 Å². The number of halogens is 1. The minimum absolute atomic E-state index is 0.150. The van der Waals surface area contributed by atoms with Gasteiger partial charge in [0, 0.05) is 5.56 Å². The second-order valence-electron chi connectivity index (χ2n) is 7.03. The molecule has 1 amide bonds. The minimum Gasteiger partial charge on any atom is -0.323 e. The quantitative estimate of drug-likeness (QED) is 0.498. The van der Waals surface area contributed by atoms with Gasteiger partial charge in [-0.25, -0.2) is 9.07 Å². The summed E-state index contributed by atoms with van der Waals surface area (Å²) in [6, 6.07) is 25.2. The van der Waals surface area contributed by atoms with Gasteiger partial charge in [-0.05, 0) is 17.7 Å². The molecule has 2 heterocycles. The maximum atomic E-state index is 14.1. The molecule has 0 spiro atoms. The summed E-state index contributed by atoms with van der Waals surface area (Å²) in [5.74, 6) is -0.126. The number of amides is 1. The van der Waals surface area contributed by atoms with E-state index in [9.17, 15) is 9.18 Å². The molecule has 1 aliphatic heterocycles. The molecule has 2 N–H and O–H groups in total. The van der Waals surface area contributed by atoms with Gasteiger partial charge in [-0.2, -0.15) is 0 Å². The number of thioether (sulfide) groups is 1. The summed E-state index contributed by atoms with van der Waals surface area (Å²) in [4.78, 5) is 13.2. The number of nitrogens with zero attached hydrogens (tertiary/aromatic N) is 3. The normalized spacial score (nSPS) is 17.5. The largest absolute Gasteiger partial charge is 0.323 e. The van der Waals surface area contributed by atoms with Crippen molar-refractivity contribution in [2.45, 2.75) is 16.4 Å². The molecule has 0 saturated carbocycles. The van der Waals surface area contributed by atoms with Crippen molar-refractivity contribution in [2.24, 2.45) is 0 Å². The molecule has 0 aliphatic carbocycles. The molecule has 0 bridgehead atoms. The third-order valence-electron chi connectivity index (χ3n) is 5.02. The molecule has 1 aliphatic rings. The summed E-state index contributed by atoms with van der Waals surface area (Å²) < 4.78 is 15.9. The molecule has 3 aromatic carbocycles. The molecule has 6 nitrogen and oxygen atoms in total. The molecule has 5 rings (SSSR count). The smallest absolute Gasteiger partial charge is 0.240 e. The van der Waals surface area contributed by atoms with Gasteiger partial charge >= 0.3 is 0 Å². The highest BCUT2D eigenvalue weighted by molar-refractivity contribution is 8.00. The first-order chi connectivity index (χ1) is 15.2. The molecule has 0 unspecified atom stereocenters. The van der Waals surface area contributed by atoms with Crippen LogP contribution < -0.4 is 10.7 Å². The second kappa shape index (κ2) is 8.23. The Bertz CT molecular complexity index is 1220. The van der Waals surface area contributed by atoms with Crippen LogP contribution in [0.15, 0.2) is 90.1 Å². The number of fused-ring (bicyclic) bond motifs is 1. The van der Waals surface area contributed by atoms with Gasteiger partial charge in [0.1, 0.15) is 11.1 Å². The standard InChI is InChI=1S/C23H18FN5OS/c24-17-13-7-8-14-18(17)25-22(30)20-19(15-9-3-1-4-10-15)28-29-21(26-27-23(29)31-20)16-11-5-2-6-12-16/h1-14,19-20,28H,(H,25,30)/t19-,20+/m1/s1. The molecule has 2 atom stereocenters. The Balaban J connectivity index is 1.51. The fourth-order valence-corrected chi connectivity index (χ4v) is 4.59. The van der Waals surface area contributed by atoms with E-state index in [0.717, 1.165) is 11.1 Å². The topological polar surface area (TPSA) is 71.8 Å². The van der Waals surface area contributed by atoms with Gasteiger partial charge in [-0.1, -0.05) is 84.6 Å². The molecule has 1 aromatic heterocycles. The van der Waals surface area contributed by atoms with Crippen molar-refractivity contribution >= 4 is 23.4 Å². The van der Waals surface area contributed by atoms with Gasteiger partial charge in [-0.15, -0.1) is 10.2 Å². The van der Waals surface area contributed by atoms with Crippen LogP contribution >= 0.6 is 11.8 Å². The van der Waals surface area contributed by atoms with Crippen molar-refractivity contribution in [3.63, 3.8) is 0 Å². The molecule has 0 fully saturated rings. The first-order valence-corrected chi connectivity index (χ1v) is 10.6. The lowest BCUT2D eigenvalue weighted by Gasteiger charge is -2.33. The third-order valence-corrected chi connectivity index (χ3v) is 6.23. The van der Waals surface area contributed by atoms with E-state index in [1.54, 1.807) is 18.2 Å². The Labute approximate surface area is 182 Å². The van der Waals surface area contributed by atoms with E-state index < -0.39 is 11.1 Å². The summed E-state index contributed by atoms with van der Waals surface area (Å²) in [7, 11) is 0. The zero-order valence-electron chi connectivity index (χ0n) is 16.3. The van der Waals surface area contributed by atoms with E-state index in [4.69, 9.17) is 0 Å². The number of carbonyl (C=O) groups is 1. The van der Waals surface area contributed by atoms with Gasteiger partial charge in [0.05, 0.1) is 11.7 Å². The first-order valence-electron chi connectivity index (χ1n) is 9.75. The number of carbonyl (C=O) groups excluding carboxylic acids is 1. The molecule has 4 aromatic rings. The maximum Gasteiger partial charge on any atom is 0.240 e. The summed E-state index contributed by atoms with van der Waals surface area (Å²) in [6.07, 6.45) is 0. The summed E-state index contributed by atoms with van der Waals surface area (Å²) in [5.41, 5.74) is 5.40. The predicted octanol–water partition coefficient (Wildman–Crippen LogP) is 4.48. The van der Waals surface area contributed by atoms with E-state index in [0.29, 0.717) is 11.0 Å². The molecular weight excluding hydrogens is 413 g/mol. The molecule has 154 valence electrons. The Morgan fingerprint density at radius 2 is 1.61 bits per heavy atom. The van der Waals surface area contributed by atoms with Gasteiger partial charge in [-0.3, -0.25) is 4.79 Å². The van der Waals surface area contributed by atoms with E-state index in [1.165, 1.54) is 17.8 Å².